The number of nitrogen functional groups attached to an aromatic ring is 1. The van der Waals surface area contributed by atoms with Crippen molar-refractivity contribution < 1.29 is 9.26 Å². The van der Waals surface area contributed by atoms with Gasteiger partial charge in [0.2, 0.25) is 5.82 Å². The molecule has 20 heavy (non-hydrogen) atoms. The minimum Gasteiger partial charge on any atom is -0.496 e. The lowest BCUT2D eigenvalue weighted by Crippen LogP contribution is -1.88. The normalized spacial score (nSPS) is 10.7. The van der Waals surface area contributed by atoms with Gasteiger partial charge in [0, 0.05) is 0 Å². The summed E-state index contributed by atoms with van der Waals surface area (Å²) < 4.78 is 10.6. The second kappa shape index (κ2) is 4.93. The van der Waals surface area contributed by atoms with Crippen LogP contribution in [0, 0.1) is 6.92 Å². The molecule has 6 nitrogen and oxygen atoms in total. The van der Waals surface area contributed by atoms with E-state index in [2.05, 4.69) is 15.1 Å². The van der Waals surface area contributed by atoms with Crippen LogP contribution in [0.5, 0.6) is 5.75 Å². The maximum Gasteiger partial charge on any atom is 0.270 e. The molecule has 2 N–H and O–H groups in total. The summed E-state index contributed by atoms with van der Waals surface area (Å²) in [7, 11) is 1.61. The van der Waals surface area contributed by atoms with Crippen LogP contribution in [-0.2, 0) is 0 Å². The van der Waals surface area contributed by atoms with E-state index in [4.69, 9.17) is 15.0 Å². The molecule has 3 rings (SSSR count). The van der Waals surface area contributed by atoms with Crippen molar-refractivity contribution in [1.82, 2.24) is 15.1 Å². The van der Waals surface area contributed by atoms with Gasteiger partial charge in [0.25, 0.3) is 5.89 Å². The zero-order valence-electron chi connectivity index (χ0n) is 11.0. The van der Waals surface area contributed by atoms with E-state index in [-0.39, 0.29) is 0 Å². The van der Waals surface area contributed by atoms with Gasteiger partial charge in [-0.15, -0.1) is 0 Å². The molecule has 0 atom stereocenters. The molecule has 0 amide bonds. The largest absolute Gasteiger partial charge is 0.496 e. The molecule has 0 radical (unpaired) electrons. The number of nitrogens with zero attached hydrogens (tertiary/aromatic N) is 3. The van der Waals surface area contributed by atoms with Crippen molar-refractivity contribution in [3.8, 4) is 27.9 Å². The van der Waals surface area contributed by atoms with Gasteiger partial charge in [0.05, 0.1) is 18.4 Å². The van der Waals surface area contributed by atoms with Gasteiger partial charge in [-0.25, -0.2) is 4.98 Å². The van der Waals surface area contributed by atoms with Gasteiger partial charge in [-0.1, -0.05) is 28.6 Å². The Morgan fingerprint density at radius 3 is 2.75 bits per heavy atom. The third-order valence-electron chi connectivity index (χ3n) is 2.78. The standard InChI is InChI=1S/C13H12N4O2S/c1-7-10(20-13(14)15-7)12-16-11(17-19-12)8-5-3-4-6-9(8)18-2/h3-6H,1-2H3,(H2,14,15). The maximum absolute atomic E-state index is 5.68. The lowest BCUT2D eigenvalue weighted by atomic mass is 10.2. The van der Waals surface area contributed by atoms with Crippen molar-refractivity contribution in [1.29, 1.82) is 0 Å². The van der Waals surface area contributed by atoms with E-state index < -0.39 is 0 Å². The number of hydrogen-bond acceptors (Lipinski definition) is 7. The SMILES string of the molecule is COc1ccccc1-c1noc(-c2sc(N)nc2C)n1. The van der Waals surface area contributed by atoms with E-state index in [1.54, 1.807) is 7.11 Å². The second-order valence-electron chi connectivity index (χ2n) is 4.09. The minimum absolute atomic E-state index is 0.414. The molecule has 0 spiro atoms. The molecular weight excluding hydrogens is 276 g/mol. The molecule has 7 heteroatoms. The Morgan fingerprint density at radius 1 is 1.25 bits per heavy atom. The Balaban J connectivity index is 2.04. The number of nitrogens with two attached hydrogens (primary N) is 1. The second-order valence-corrected chi connectivity index (χ2v) is 5.12. The monoisotopic (exact) mass is 288 g/mol. The Hall–Kier alpha value is -2.41. The average Bonchev–Trinajstić information content (AvgIpc) is 3.05. The first kappa shape index (κ1) is 12.6. The fourth-order valence-electron chi connectivity index (χ4n) is 1.87. The van der Waals surface area contributed by atoms with Crippen molar-refractivity contribution in [3.63, 3.8) is 0 Å². The van der Waals surface area contributed by atoms with Gasteiger partial charge in [-0.2, -0.15) is 4.98 Å². The van der Waals surface area contributed by atoms with E-state index in [0.717, 1.165) is 16.1 Å². The third kappa shape index (κ3) is 2.12. The van der Waals surface area contributed by atoms with Crippen LogP contribution in [0.25, 0.3) is 22.2 Å². The fourth-order valence-corrected chi connectivity index (χ4v) is 2.63. The van der Waals surface area contributed by atoms with Gasteiger partial charge in [0.15, 0.2) is 5.13 Å². The molecule has 102 valence electrons. The van der Waals surface area contributed by atoms with Crippen LogP contribution >= 0.6 is 11.3 Å². The number of para-hydroxylation sites is 1. The van der Waals surface area contributed by atoms with Crippen molar-refractivity contribution >= 4 is 16.5 Å². The fraction of sp³-hybridized carbons (Fsp3) is 0.154. The Bertz CT molecular complexity index is 750. The molecule has 0 aliphatic rings. The van der Waals surface area contributed by atoms with Crippen molar-refractivity contribution in [3.05, 3.63) is 30.0 Å². The highest BCUT2D eigenvalue weighted by molar-refractivity contribution is 7.18. The molecule has 0 saturated carbocycles. The maximum atomic E-state index is 5.68. The Kier molecular flexibility index (Phi) is 3.11. The van der Waals surface area contributed by atoms with Crippen LogP contribution in [-0.4, -0.2) is 22.2 Å². The van der Waals surface area contributed by atoms with E-state index >= 15 is 0 Å². The summed E-state index contributed by atoms with van der Waals surface area (Å²) in [6, 6.07) is 7.50. The molecular formula is C13H12N4O2S. The van der Waals surface area contributed by atoms with Crippen LogP contribution in [0.15, 0.2) is 28.8 Å². The smallest absolute Gasteiger partial charge is 0.270 e. The summed E-state index contributed by atoms with van der Waals surface area (Å²) >= 11 is 1.33. The van der Waals surface area contributed by atoms with Gasteiger partial charge in [-0.3, -0.25) is 0 Å². The molecule has 3 aromatic rings. The predicted octanol–water partition coefficient (Wildman–Crippen LogP) is 2.76. The molecule has 0 aliphatic heterocycles. The molecule has 0 saturated heterocycles. The molecule has 2 heterocycles. The summed E-state index contributed by atoms with van der Waals surface area (Å²) in [5.74, 6) is 1.59. The zero-order valence-corrected chi connectivity index (χ0v) is 11.8. The Morgan fingerprint density at radius 2 is 2.05 bits per heavy atom. The number of benzene rings is 1. The summed E-state index contributed by atoms with van der Waals surface area (Å²) in [6.45, 7) is 1.86. The van der Waals surface area contributed by atoms with Crippen molar-refractivity contribution in [2.24, 2.45) is 0 Å². The first-order chi connectivity index (χ1) is 9.69. The van der Waals surface area contributed by atoms with Crippen LogP contribution < -0.4 is 10.5 Å². The first-order valence-electron chi connectivity index (χ1n) is 5.89. The molecule has 2 aromatic heterocycles. The number of rotatable bonds is 3. The molecule has 0 aliphatic carbocycles. The highest BCUT2D eigenvalue weighted by atomic mass is 32.1. The third-order valence-corrected chi connectivity index (χ3v) is 3.76. The van der Waals surface area contributed by atoms with Crippen LogP contribution in [0.3, 0.4) is 0 Å². The summed E-state index contributed by atoms with van der Waals surface area (Å²) in [5, 5.41) is 4.47. The number of anilines is 1. The summed E-state index contributed by atoms with van der Waals surface area (Å²) in [6.07, 6.45) is 0. The zero-order chi connectivity index (χ0) is 14.1. The number of ether oxygens (including phenoxy) is 1. The lowest BCUT2D eigenvalue weighted by Gasteiger charge is -2.02. The Labute approximate surface area is 119 Å². The highest BCUT2D eigenvalue weighted by Crippen LogP contribution is 2.33. The van der Waals surface area contributed by atoms with Gasteiger partial charge < -0.3 is 15.0 Å². The number of methoxy groups -OCH3 is 1. The van der Waals surface area contributed by atoms with Gasteiger partial charge in [0.1, 0.15) is 10.6 Å². The van der Waals surface area contributed by atoms with Crippen LogP contribution in [0.1, 0.15) is 5.69 Å². The quantitative estimate of drug-likeness (QED) is 0.797. The van der Waals surface area contributed by atoms with E-state index in [0.29, 0.717) is 22.6 Å². The number of thiazole rings is 1. The van der Waals surface area contributed by atoms with Gasteiger partial charge in [-0.05, 0) is 19.1 Å². The number of hydrogen-bond donors (Lipinski definition) is 1. The van der Waals surface area contributed by atoms with Crippen LogP contribution in [0.2, 0.25) is 0 Å². The summed E-state index contributed by atoms with van der Waals surface area (Å²) in [4.78, 5) is 9.33. The summed E-state index contributed by atoms with van der Waals surface area (Å²) in [5.41, 5.74) is 7.24. The van der Waals surface area contributed by atoms with Crippen LogP contribution in [0.4, 0.5) is 5.13 Å². The van der Waals surface area contributed by atoms with Crippen molar-refractivity contribution in [2.75, 3.05) is 12.8 Å². The molecule has 0 bridgehead atoms. The molecule has 0 unspecified atom stereocenters. The topological polar surface area (TPSA) is 87.1 Å². The predicted molar refractivity (Wildman–Crippen MR) is 76.5 cm³/mol. The number of aryl methyl sites for hydroxylation is 1. The molecule has 0 fully saturated rings. The van der Waals surface area contributed by atoms with E-state index in [9.17, 15) is 0 Å². The van der Waals surface area contributed by atoms with E-state index in [1.165, 1.54) is 11.3 Å². The number of aromatic nitrogens is 3. The highest BCUT2D eigenvalue weighted by Gasteiger charge is 2.17. The molecule has 1 aromatic carbocycles. The average molecular weight is 288 g/mol. The van der Waals surface area contributed by atoms with Crippen molar-refractivity contribution in [2.45, 2.75) is 6.92 Å². The van der Waals surface area contributed by atoms with E-state index in [1.807, 2.05) is 31.2 Å². The van der Waals surface area contributed by atoms with Gasteiger partial charge >= 0.3 is 0 Å². The first-order valence-corrected chi connectivity index (χ1v) is 6.71. The lowest BCUT2D eigenvalue weighted by molar-refractivity contribution is 0.413. The minimum atomic E-state index is 0.414.